The lowest BCUT2D eigenvalue weighted by Crippen LogP contribution is -2.42. The summed E-state index contributed by atoms with van der Waals surface area (Å²) in [5, 5.41) is 13.4. The average molecular weight is 254 g/mol. The molecule has 106 valence electrons. The molecule has 1 aliphatic carbocycles. The smallest absolute Gasteiger partial charge is 0.0679 e. The van der Waals surface area contributed by atoms with E-state index in [1.807, 2.05) is 0 Å². The number of aliphatic hydroxyl groups excluding tert-OH is 1. The predicted molar refractivity (Wildman–Crippen MR) is 75.7 cm³/mol. The summed E-state index contributed by atoms with van der Waals surface area (Å²) >= 11 is 0. The van der Waals surface area contributed by atoms with Crippen LogP contribution in [0.2, 0.25) is 0 Å². The SMILES string of the molecule is CCCNC1CCCCCC1CN1CCC(O)C1. The maximum atomic E-state index is 9.63. The van der Waals surface area contributed by atoms with Gasteiger partial charge in [0.2, 0.25) is 0 Å². The van der Waals surface area contributed by atoms with E-state index in [1.165, 1.54) is 45.1 Å². The number of nitrogens with zero attached hydrogens (tertiary/aromatic N) is 1. The molecule has 1 saturated heterocycles. The Kier molecular flexibility index (Phi) is 5.93. The summed E-state index contributed by atoms with van der Waals surface area (Å²) in [5.74, 6) is 0.796. The van der Waals surface area contributed by atoms with Crippen molar-refractivity contribution >= 4 is 0 Å². The summed E-state index contributed by atoms with van der Waals surface area (Å²) in [7, 11) is 0. The molecule has 0 spiro atoms. The van der Waals surface area contributed by atoms with Crippen LogP contribution in [0.15, 0.2) is 0 Å². The molecular formula is C15H30N2O. The molecule has 0 aromatic heterocycles. The van der Waals surface area contributed by atoms with Gasteiger partial charge in [0.25, 0.3) is 0 Å². The Labute approximate surface area is 112 Å². The Bertz CT molecular complexity index is 235. The number of likely N-dealkylation sites (tertiary alicyclic amines) is 1. The molecule has 2 aliphatic rings. The van der Waals surface area contributed by atoms with E-state index in [0.29, 0.717) is 6.04 Å². The van der Waals surface area contributed by atoms with Crippen molar-refractivity contribution in [3.8, 4) is 0 Å². The Balaban J connectivity index is 1.84. The Morgan fingerprint density at radius 1 is 1.17 bits per heavy atom. The predicted octanol–water partition coefficient (Wildman–Crippen LogP) is 2.00. The first-order valence-corrected chi connectivity index (χ1v) is 7.93. The lowest BCUT2D eigenvalue weighted by atomic mass is 9.94. The number of aliphatic hydroxyl groups is 1. The van der Waals surface area contributed by atoms with E-state index in [4.69, 9.17) is 0 Å². The molecule has 0 aromatic rings. The molecule has 2 N–H and O–H groups in total. The van der Waals surface area contributed by atoms with Crippen molar-refractivity contribution in [2.45, 2.75) is 64.0 Å². The van der Waals surface area contributed by atoms with Gasteiger partial charge in [-0.1, -0.05) is 26.2 Å². The van der Waals surface area contributed by atoms with Crippen molar-refractivity contribution in [2.24, 2.45) is 5.92 Å². The molecule has 2 rings (SSSR count). The maximum absolute atomic E-state index is 9.63. The zero-order valence-corrected chi connectivity index (χ0v) is 11.9. The van der Waals surface area contributed by atoms with Gasteiger partial charge in [-0.05, 0) is 38.1 Å². The first kappa shape index (κ1) is 14.3. The molecule has 3 atom stereocenters. The summed E-state index contributed by atoms with van der Waals surface area (Å²) in [5.41, 5.74) is 0. The lowest BCUT2D eigenvalue weighted by molar-refractivity contribution is 0.161. The van der Waals surface area contributed by atoms with Crippen molar-refractivity contribution in [2.75, 3.05) is 26.2 Å². The fourth-order valence-corrected chi connectivity index (χ4v) is 3.51. The van der Waals surface area contributed by atoms with Gasteiger partial charge < -0.3 is 15.3 Å². The highest BCUT2D eigenvalue weighted by molar-refractivity contribution is 4.84. The molecule has 3 nitrogen and oxygen atoms in total. The van der Waals surface area contributed by atoms with Crippen LogP contribution in [0.5, 0.6) is 0 Å². The van der Waals surface area contributed by atoms with Gasteiger partial charge in [-0.25, -0.2) is 0 Å². The van der Waals surface area contributed by atoms with E-state index in [-0.39, 0.29) is 6.10 Å². The van der Waals surface area contributed by atoms with Crippen molar-refractivity contribution in [3.63, 3.8) is 0 Å². The molecule has 2 fully saturated rings. The van der Waals surface area contributed by atoms with Gasteiger partial charge in [0.05, 0.1) is 6.10 Å². The number of nitrogens with one attached hydrogen (secondary N) is 1. The van der Waals surface area contributed by atoms with Crippen molar-refractivity contribution in [1.29, 1.82) is 0 Å². The molecule has 0 bridgehead atoms. The minimum Gasteiger partial charge on any atom is -0.392 e. The van der Waals surface area contributed by atoms with Crippen molar-refractivity contribution in [1.82, 2.24) is 10.2 Å². The minimum atomic E-state index is -0.0715. The second kappa shape index (κ2) is 7.46. The molecule has 0 amide bonds. The van der Waals surface area contributed by atoms with Gasteiger partial charge in [0.15, 0.2) is 0 Å². The van der Waals surface area contributed by atoms with Crippen molar-refractivity contribution in [3.05, 3.63) is 0 Å². The number of hydrogen-bond donors (Lipinski definition) is 2. The van der Waals surface area contributed by atoms with E-state index >= 15 is 0 Å². The highest BCUT2D eigenvalue weighted by Gasteiger charge is 2.28. The maximum Gasteiger partial charge on any atom is 0.0679 e. The molecule has 0 radical (unpaired) electrons. The highest BCUT2D eigenvalue weighted by Crippen LogP contribution is 2.25. The van der Waals surface area contributed by atoms with E-state index in [1.54, 1.807) is 0 Å². The van der Waals surface area contributed by atoms with Crippen LogP contribution in [0.25, 0.3) is 0 Å². The fraction of sp³-hybridized carbons (Fsp3) is 1.00. The number of β-amino-alcohol motifs (C(OH)–C–C–N with tert-alkyl or cyclic N) is 1. The Hall–Kier alpha value is -0.120. The van der Waals surface area contributed by atoms with Crippen LogP contribution in [0.4, 0.5) is 0 Å². The molecule has 1 aliphatic heterocycles. The first-order valence-electron chi connectivity index (χ1n) is 7.93. The monoisotopic (exact) mass is 254 g/mol. The largest absolute Gasteiger partial charge is 0.392 e. The van der Waals surface area contributed by atoms with E-state index < -0.39 is 0 Å². The van der Waals surface area contributed by atoms with Crippen LogP contribution in [-0.4, -0.2) is 48.3 Å². The van der Waals surface area contributed by atoms with Crippen LogP contribution < -0.4 is 5.32 Å². The second-order valence-corrected chi connectivity index (χ2v) is 6.16. The molecule has 0 aromatic carbocycles. The second-order valence-electron chi connectivity index (χ2n) is 6.16. The topological polar surface area (TPSA) is 35.5 Å². The number of hydrogen-bond acceptors (Lipinski definition) is 3. The molecule has 1 heterocycles. The van der Waals surface area contributed by atoms with Crippen LogP contribution in [0, 0.1) is 5.92 Å². The number of rotatable bonds is 5. The summed E-state index contributed by atoms with van der Waals surface area (Å²) in [4.78, 5) is 2.47. The molecule has 3 unspecified atom stereocenters. The molecule has 3 heteroatoms. The Morgan fingerprint density at radius 3 is 2.72 bits per heavy atom. The molecule has 1 saturated carbocycles. The zero-order chi connectivity index (χ0) is 12.8. The third-order valence-corrected chi connectivity index (χ3v) is 4.56. The average Bonchev–Trinajstić information content (AvgIpc) is 2.64. The van der Waals surface area contributed by atoms with Gasteiger partial charge in [-0.15, -0.1) is 0 Å². The fourth-order valence-electron chi connectivity index (χ4n) is 3.51. The van der Waals surface area contributed by atoms with Crippen molar-refractivity contribution < 1.29 is 5.11 Å². The van der Waals surface area contributed by atoms with E-state index in [0.717, 1.165) is 32.0 Å². The third-order valence-electron chi connectivity index (χ3n) is 4.56. The van der Waals surface area contributed by atoms with Crippen LogP contribution in [-0.2, 0) is 0 Å². The minimum absolute atomic E-state index is 0.0715. The van der Waals surface area contributed by atoms with Gasteiger partial charge in [0.1, 0.15) is 0 Å². The molecule has 18 heavy (non-hydrogen) atoms. The van der Waals surface area contributed by atoms with Crippen LogP contribution in [0.1, 0.15) is 51.9 Å². The van der Waals surface area contributed by atoms with Gasteiger partial charge in [-0.2, -0.15) is 0 Å². The van der Waals surface area contributed by atoms with Crippen LogP contribution in [0.3, 0.4) is 0 Å². The van der Waals surface area contributed by atoms with E-state index in [2.05, 4.69) is 17.1 Å². The summed E-state index contributed by atoms with van der Waals surface area (Å²) in [6.45, 7) is 6.59. The lowest BCUT2D eigenvalue weighted by Gasteiger charge is -2.30. The van der Waals surface area contributed by atoms with Gasteiger partial charge >= 0.3 is 0 Å². The molecular weight excluding hydrogens is 224 g/mol. The standard InChI is InChI=1S/C15H30N2O/c1-2-9-16-15-7-5-3-4-6-13(15)11-17-10-8-14(18)12-17/h13-16,18H,2-12H2,1H3. The summed E-state index contributed by atoms with van der Waals surface area (Å²) in [6, 6.07) is 0.713. The zero-order valence-electron chi connectivity index (χ0n) is 11.9. The van der Waals surface area contributed by atoms with E-state index in [9.17, 15) is 5.11 Å². The summed E-state index contributed by atoms with van der Waals surface area (Å²) in [6.07, 6.45) is 9.04. The van der Waals surface area contributed by atoms with Crippen LogP contribution >= 0.6 is 0 Å². The van der Waals surface area contributed by atoms with Gasteiger partial charge in [-0.3, -0.25) is 0 Å². The van der Waals surface area contributed by atoms with Gasteiger partial charge in [0, 0.05) is 25.7 Å². The quantitative estimate of drug-likeness (QED) is 0.737. The normalized spacial score (nSPS) is 34.7. The third kappa shape index (κ3) is 4.22. The highest BCUT2D eigenvalue weighted by atomic mass is 16.3. The first-order chi connectivity index (χ1) is 8.79. The summed E-state index contributed by atoms with van der Waals surface area (Å²) < 4.78 is 0. The Morgan fingerprint density at radius 2 is 2.00 bits per heavy atom.